The van der Waals surface area contributed by atoms with Gasteiger partial charge >= 0.3 is 33.3 Å². The number of rotatable bonds is 45. The van der Waals surface area contributed by atoms with Crippen molar-refractivity contribution >= 4 is 33.4 Å². The number of unbranched alkanes of at least 4 members (excludes halogenated alkanes) is 15. The Morgan fingerprint density at radius 3 is 1.90 bits per heavy atom. The summed E-state index contributed by atoms with van der Waals surface area (Å²) in [6.45, 7) is 4.25. The van der Waals surface area contributed by atoms with Gasteiger partial charge in [-0.05, 0) is 56.9 Å². The van der Waals surface area contributed by atoms with Crippen molar-refractivity contribution in [3.05, 3.63) is 95.7 Å². The van der Waals surface area contributed by atoms with Gasteiger partial charge in [-0.15, -0.1) is 0 Å². The van der Waals surface area contributed by atoms with Crippen LogP contribution in [0.5, 0.6) is 0 Å². The van der Waals surface area contributed by atoms with Crippen LogP contribution in [-0.4, -0.2) is 96.9 Å². The van der Waals surface area contributed by atoms with Crippen molar-refractivity contribution in [3.8, 4) is 0 Å². The number of nitrogens with two attached hydrogens (primary N) is 1. The van der Waals surface area contributed by atoms with E-state index < -0.39 is 89.8 Å². The van der Waals surface area contributed by atoms with Gasteiger partial charge in [0.15, 0.2) is 12.3 Å². The number of aliphatic hydroxyl groups is 3. The number of phosphoric ester groups is 2. The third-order valence-corrected chi connectivity index (χ3v) is 14.9. The molecule has 2 rings (SSSR count). The van der Waals surface area contributed by atoms with Gasteiger partial charge < -0.3 is 45.1 Å². The van der Waals surface area contributed by atoms with Gasteiger partial charge in [0.1, 0.15) is 30.7 Å². The van der Waals surface area contributed by atoms with E-state index in [0.717, 1.165) is 55.2 Å². The van der Waals surface area contributed by atoms with Crippen LogP contribution in [0.3, 0.4) is 0 Å². The van der Waals surface area contributed by atoms with Crippen molar-refractivity contribution < 1.29 is 71.4 Å². The lowest BCUT2D eigenvalue weighted by Gasteiger charge is -2.21. The van der Waals surface area contributed by atoms with Crippen LogP contribution in [0.15, 0.2) is 90.0 Å². The molecule has 2 heterocycles. The summed E-state index contributed by atoms with van der Waals surface area (Å²) in [6, 6.07) is 1.24. The average Bonchev–Trinajstić information content (AvgIpc) is 3.66. The second-order valence-corrected chi connectivity index (χ2v) is 22.8. The molecule has 21 heteroatoms. The van der Waals surface area contributed by atoms with E-state index in [2.05, 4.69) is 42.2 Å². The van der Waals surface area contributed by atoms with Crippen LogP contribution >= 0.6 is 15.6 Å². The van der Waals surface area contributed by atoms with E-state index in [0.29, 0.717) is 25.7 Å². The topological polar surface area (TPSA) is 286 Å². The Hall–Kier alpha value is -3.84. The molecule has 1 aliphatic heterocycles. The number of ether oxygens (including phenoxy) is 3. The third-order valence-electron chi connectivity index (χ3n) is 12.3. The Morgan fingerprint density at radius 1 is 0.727 bits per heavy atom. The first-order valence-corrected chi connectivity index (χ1v) is 30.9. The van der Waals surface area contributed by atoms with Crippen molar-refractivity contribution in [1.29, 1.82) is 0 Å². The molecular formula is C56H93N3O16P2. The highest BCUT2D eigenvalue weighted by Gasteiger charge is 2.46. The number of carbonyl (C=O) groups excluding carboxylic acids is 2. The number of hydrogen-bond donors (Lipinski definition) is 6. The van der Waals surface area contributed by atoms with Crippen LogP contribution in [0.2, 0.25) is 0 Å². The van der Waals surface area contributed by atoms with Crippen molar-refractivity contribution in [2.45, 2.75) is 218 Å². The first-order chi connectivity index (χ1) is 36.9. The fraction of sp³-hybridized carbons (Fsp3) is 0.679. The first kappa shape index (κ1) is 69.3. The highest BCUT2D eigenvalue weighted by molar-refractivity contribution is 7.61. The van der Waals surface area contributed by atoms with Gasteiger partial charge in [0.05, 0.1) is 19.3 Å². The molecule has 19 nitrogen and oxygen atoms in total. The predicted molar refractivity (Wildman–Crippen MR) is 299 cm³/mol. The lowest BCUT2D eigenvalue weighted by Crippen LogP contribution is -2.36. The molecule has 3 unspecified atom stereocenters. The van der Waals surface area contributed by atoms with Gasteiger partial charge in [-0.25, -0.2) is 13.9 Å². The summed E-state index contributed by atoms with van der Waals surface area (Å²) in [5.41, 5.74) is 4.58. The van der Waals surface area contributed by atoms with E-state index in [1.165, 1.54) is 83.1 Å². The lowest BCUT2D eigenvalue weighted by atomic mass is 10.0. The Labute approximate surface area is 457 Å². The van der Waals surface area contributed by atoms with Crippen LogP contribution in [0.4, 0.5) is 5.82 Å². The molecule has 0 spiro atoms. The van der Waals surface area contributed by atoms with Crippen LogP contribution in [-0.2, 0) is 46.3 Å². The number of aliphatic hydroxyl groups excluding tert-OH is 3. The normalized spacial score (nSPS) is 19.6. The molecule has 0 aliphatic carbocycles. The highest BCUT2D eigenvalue weighted by atomic mass is 31.3. The number of nitrogen functional groups attached to an aromatic ring is 1. The number of anilines is 1. The van der Waals surface area contributed by atoms with Crippen molar-refractivity contribution in [1.82, 2.24) is 9.55 Å². The Morgan fingerprint density at radius 2 is 1.29 bits per heavy atom. The number of allylic oxidation sites excluding steroid dienone is 10. The first-order valence-electron chi connectivity index (χ1n) is 27.9. The zero-order valence-corrected chi connectivity index (χ0v) is 47.8. The van der Waals surface area contributed by atoms with E-state index in [4.69, 9.17) is 29.0 Å². The van der Waals surface area contributed by atoms with Gasteiger partial charge in [0.2, 0.25) is 0 Å². The van der Waals surface area contributed by atoms with E-state index in [-0.39, 0.29) is 25.1 Å². The maximum Gasteiger partial charge on any atom is 0.481 e. The quantitative estimate of drug-likeness (QED) is 0.0116. The summed E-state index contributed by atoms with van der Waals surface area (Å²) in [5.74, 6) is -0.625. The second kappa shape index (κ2) is 42.1. The Balaban J connectivity index is 1.81. The van der Waals surface area contributed by atoms with Gasteiger partial charge in [0, 0.05) is 19.0 Å². The smallest absolute Gasteiger partial charge is 0.462 e. The van der Waals surface area contributed by atoms with Gasteiger partial charge in [0.25, 0.3) is 0 Å². The molecule has 8 atom stereocenters. The number of hydrogen-bond acceptors (Lipinski definition) is 16. The van der Waals surface area contributed by atoms with E-state index >= 15 is 0 Å². The molecule has 0 aromatic carbocycles. The molecule has 0 saturated carbocycles. The highest BCUT2D eigenvalue weighted by Crippen LogP contribution is 2.60. The van der Waals surface area contributed by atoms with Gasteiger partial charge in [-0.2, -0.15) is 9.29 Å². The molecule has 438 valence electrons. The molecule has 7 N–H and O–H groups in total. The van der Waals surface area contributed by atoms with Crippen molar-refractivity contribution in [2.24, 2.45) is 5.92 Å². The Kier molecular flexibility index (Phi) is 37.9. The molecule has 0 radical (unpaired) electrons. The number of phosphoric acid groups is 2. The summed E-state index contributed by atoms with van der Waals surface area (Å²) in [4.78, 5) is 62.1. The molecule has 1 aliphatic rings. The standard InChI is InChI=1S/C56H93N3O16P2/c1-4-5-6-7-27-32-37-47(60)38-33-28-23-19-16-17-21-25-30-35-40-52(62)73-48(43-70-51(61)39-34-29-24-20-15-13-11-9-8-10-12-14-18-22-26-31-36-46(2)3)44-71-76(66,67)75-77(68,69)72-45-49-53(63)54(64)55(74-49)59-42-41-50(57)58-56(59)65/h5-6,16-17,23,25,27-28,30,32-33,38,41-42,46-49,53-55,60,63-64H,4,7-15,18-22,24,26,29,31,34-37,39-40,43-45H2,1-3H3,(H,66,67)(H,68,69)(H2,57,58,65)/b6-5-,17-16-,28-23-,30-25-,32-27-,38-33+/t47?,48-,49-,53-,54-,55-/m1/s1. The summed E-state index contributed by atoms with van der Waals surface area (Å²) in [6.07, 6.45) is 40.2. The zero-order valence-electron chi connectivity index (χ0n) is 46.0. The second-order valence-electron chi connectivity index (χ2n) is 19.7. The molecule has 77 heavy (non-hydrogen) atoms. The maximum absolute atomic E-state index is 12.9. The van der Waals surface area contributed by atoms with E-state index in [9.17, 15) is 48.6 Å². The van der Waals surface area contributed by atoms with Crippen molar-refractivity contribution in [2.75, 3.05) is 25.6 Å². The summed E-state index contributed by atoms with van der Waals surface area (Å²) in [5, 5.41) is 31.0. The molecule has 1 saturated heterocycles. The maximum atomic E-state index is 12.9. The zero-order chi connectivity index (χ0) is 56.6. The van der Waals surface area contributed by atoms with E-state index in [1.807, 2.05) is 48.6 Å². The fourth-order valence-electron chi connectivity index (χ4n) is 8.02. The monoisotopic (exact) mass is 1130 g/mol. The van der Waals surface area contributed by atoms with Crippen LogP contribution < -0.4 is 11.4 Å². The molecule has 0 amide bonds. The van der Waals surface area contributed by atoms with E-state index in [1.54, 1.807) is 12.2 Å². The SMILES string of the molecule is CC/C=C\C/C=C\CC(O)/C=C/C=C\C/C=C\C/C=C\CCC(=O)O[C@H](COC(=O)CCCCCCCCCCCCCCCCCCC(C)C)COP(=O)(O)OP(=O)(O)OC[C@H]1O[C@@H](n2ccc(N)nc2=O)[C@H](O)[C@@H]1O. The molecular weight excluding hydrogens is 1030 g/mol. The van der Waals surface area contributed by atoms with Crippen LogP contribution in [0.1, 0.15) is 188 Å². The predicted octanol–water partition coefficient (Wildman–Crippen LogP) is 11.3. The minimum atomic E-state index is -5.46. The number of esters is 2. The largest absolute Gasteiger partial charge is 0.481 e. The summed E-state index contributed by atoms with van der Waals surface area (Å²) in [7, 11) is -10.9. The Bertz CT molecular complexity index is 2110. The van der Waals surface area contributed by atoms with Crippen LogP contribution in [0.25, 0.3) is 0 Å². The summed E-state index contributed by atoms with van der Waals surface area (Å²) < 4.78 is 56.8. The van der Waals surface area contributed by atoms with Gasteiger partial charge in [-0.3, -0.25) is 23.2 Å². The molecule has 1 aromatic heterocycles. The number of nitrogens with zero attached hydrogens (tertiary/aromatic N) is 2. The summed E-state index contributed by atoms with van der Waals surface area (Å²) >= 11 is 0. The lowest BCUT2D eigenvalue weighted by molar-refractivity contribution is -0.161. The minimum absolute atomic E-state index is 0.1000. The number of carbonyl (C=O) groups is 2. The molecule has 1 fully saturated rings. The molecule has 0 bridgehead atoms. The van der Waals surface area contributed by atoms with Gasteiger partial charge in [-0.1, -0.05) is 196 Å². The van der Waals surface area contributed by atoms with Crippen LogP contribution in [0, 0.1) is 5.92 Å². The molecule has 1 aromatic rings. The average molecular weight is 1130 g/mol. The number of aromatic nitrogens is 2. The fourth-order valence-corrected chi connectivity index (χ4v) is 10.1. The minimum Gasteiger partial charge on any atom is -0.462 e. The third kappa shape index (κ3) is 35.4. The van der Waals surface area contributed by atoms with Crippen molar-refractivity contribution in [3.63, 3.8) is 0 Å².